The molecule has 1 aromatic heterocycles. The van der Waals surface area contributed by atoms with E-state index in [1.54, 1.807) is 19.1 Å². The standard InChI is InChI=1S/C18H23N5O4/c1-11(25)16(12-5-3-2-4-6-12)23-18(26)22-15-9-14(19)13(10-21-15)17(20)27-8-7-24/h2-6,9-11,16,20,24-25H,7-8H2,1H3,(H4,19,21,22,23,26). The van der Waals surface area contributed by atoms with E-state index in [0.717, 1.165) is 5.56 Å². The number of rotatable bonds is 7. The van der Waals surface area contributed by atoms with Gasteiger partial charge in [0.05, 0.1) is 24.3 Å². The average molecular weight is 373 g/mol. The van der Waals surface area contributed by atoms with Crippen LogP contribution in [-0.2, 0) is 4.74 Å². The summed E-state index contributed by atoms with van der Waals surface area (Å²) < 4.78 is 4.99. The Labute approximate surface area is 156 Å². The second-order valence-electron chi connectivity index (χ2n) is 5.79. The number of hydrogen-bond acceptors (Lipinski definition) is 7. The lowest BCUT2D eigenvalue weighted by atomic mass is 10.0. The highest BCUT2D eigenvalue weighted by Crippen LogP contribution is 2.18. The number of aliphatic hydroxyl groups is 2. The Morgan fingerprint density at radius 3 is 2.67 bits per heavy atom. The number of urea groups is 1. The summed E-state index contributed by atoms with van der Waals surface area (Å²) in [4.78, 5) is 16.3. The largest absolute Gasteiger partial charge is 0.475 e. The van der Waals surface area contributed by atoms with Crippen LogP contribution < -0.4 is 16.4 Å². The highest BCUT2D eigenvalue weighted by Gasteiger charge is 2.20. The van der Waals surface area contributed by atoms with Gasteiger partial charge in [-0.2, -0.15) is 0 Å². The van der Waals surface area contributed by atoms with E-state index in [4.69, 9.17) is 21.0 Å². The monoisotopic (exact) mass is 373 g/mol. The number of anilines is 2. The van der Waals surface area contributed by atoms with Gasteiger partial charge in [0.1, 0.15) is 12.4 Å². The molecule has 2 atom stereocenters. The Morgan fingerprint density at radius 1 is 1.37 bits per heavy atom. The van der Waals surface area contributed by atoms with Crippen LogP contribution in [0, 0.1) is 5.41 Å². The fourth-order valence-electron chi connectivity index (χ4n) is 2.39. The molecule has 0 aliphatic carbocycles. The van der Waals surface area contributed by atoms with Gasteiger partial charge in [-0.05, 0) is 12.5 Å². The van der Waals surface area contributed by atoms with E-state index < -0.39 is 18.2 Å². The number of amides is 2. The van der Waals surface area contributed by atoms with E-state index >= 15 is 0 Å². The molecule has 2 aromatic rings. The van der Waals surface area contributed by atoms with Crippen LogP contribution in [0.5, 0.6) is 0 Å². The zero-order valence-electron chi connectivity index (χ0n) is 14.8. The minimum atomic E-state index is -0.803. The van der Waals surface area contributed by atoms with Gasteiger partial charge in [0, 0.05) is 18.0 Å². The van der Waals surface area contributed by atoms with Crippen molar-refractivity contribution >= 4 is 23.4 Å². The molecule has 9 nitrogen and oxygen atoms in total. The SMILES string of the molecule is CC(O)C(NC(=O)Nc1cc(N)c(C(=N)OCCO)cn1)c1ccccc1. The molecule has 2 amide bonds. The molecule has 1 aromatic carbocycles. The highest BCUT2D eigenvalue weighted by atomic mass is 16.5. The van der Waals surface area contributed by atoms with Gasteiger partial charge in [0.2, 0.25) is 5.90 Å². The quantitative estimate of drug-likeness (QED) is 0.317. The molecule has 7 N–H and O–H groups in total. The molecular formula is C18H23N5O4. The van der Waals surface area contributed by atoms with Gasteiger partial charge < -0.3 is 26.0 Å². The molecule has 1 heterocycles. The van der Waals surface area contributed by atoms with Gasteiger partial charge in [-0.15, -0.1) is 0 Å². The fraction of sp³-hybridized carbons (Fsp3) is 0.278. The summed E-state index contributed by atoms with van der Waals surface area (Å²) in [6.45, 7) is 1.34. The number of carbonyl (C=O) groups is 1. The van der Waals surface area contributed by atoms with Crippen molar-refractivity contribution in [2.24, 2.45) is 0 Å². The number of nitrogens with two attached hydrogens (primary N) is 1. The van der Waals surface area contributed by atoms with E-state index in [2.05, 4.69) is 15.6 Å². The van der Waals surface area contributed by atoms with Crippen molar-refractivity contribution in [3.8, 4) is 0 Å². The van der Waals surface area contributed by atoms with E-state index in [1.165, 1.54) is 12.3 Å². The molecule has 0 fully saturated rings. The molecule has 9 heteroatoms. The molecule has 27 heavy (non-hydrogen) atoms. The van der Waals surface area contributed by atoms with Crippen molar-refractivity contribution in [2.45, 2.75) is 19.1 Å². The van der Waals surface area contributed by atoms with Crippen LogP contribution >= 0.6 is 0 Å². The molecule has 2 rings (SSSR count). The zero-order chi connectivity index (χ0) is 19.8. The Kier molecular flexibility index (Phi) is 7.09. The van der Waals surface area contributed by atoms with Crippen molar-refractivity contribution in [1.29, 1.82) is 5.41 Å². The molecule has 0 saturated carbocycles. The lowest BCUT2D eigenvalue weighted by Gasteiger charge is -2.22. The van der Waals surface area contributed by atoms with Crippen LogP contribution in [0.2, 0.25) is 0 Å². The van der Waals surface area contributed by atoms with Gasteiger partial charge in [-0.1, -0.05) is 30.3 Å². The number of aromatic nitrogens is 1. The third kappa shape index (κ3) is 5.66. The Hall–Kier alpha value is -3.17. The third-order valence-corrected chi connectivity index (χ3v) is 3.69. The van der Waals surface area contributed by atoms with Crippen molar-refractivity contribution in [2.75, 3.05) is 24.3 Å². The molecule has 0 saturated heterocycles. The van der Waals surface area contributed by atoms with E-state index in [9.17, 15) is 9.90 Å². The number of nitrogens with zero attached hydrogens (tertiary/aromatic N) is 1. The first-order valence-electron chi connectivity index (χ1n) is 8.31. The predicted molar refractivity (Wildman–Crippen MR) is 102 cm³/mol. The first-order chi connectivity index (χ1) is 12.9. The number of aliphatic hydroxyl groups excluding tert-OH is 2. The van der Waals surface area contributed by atoms with Crippen LogP contribution in [0.4, 0.5) is 16.3 Å². The van der Waals surface area contributed by atoms with Gasteiger partial charge in [0.25, 0.3) is 0 Å². The first kappa shape index (κ1) is 20.1. The van der Waals surface area contributed by atoms with Crippen molar-refractivity contribution in [3.05, 3.63) is 53.7 Å². The summed E-state index contributed by atoms with van der Waals surface area (Å²) in [7, 11) is 0. The Bertz CT molecular complexity index is 783. The molecule has 0 bridgehead atoms. The minimum absolute atomic E-state index is 0.0269. The fourth-order valence-corrected chi connectivity index (χ4v) is 2.39. The molecule has 144 valence electrons. The summed E-state index contributed by atoms with van der Waals surface area (Å²) in [5, 5.41) is 31.7. The van der Waals surface area contributed by atoms with Crippen molar-refractivity contribution < 1.29 is 19.7 Å². The molecule has 0 spiro atoms. The van der Waals surface area contributed by atoms with Crippen LogP contribution in [0.3, 0.4) is 0 Å². The number of hydrogen-bond donors (Lipinski definition) is 6. The molecule has 0 radical (unpaired) electrons. The second-order valence-corrected chi connectivity index (χ2v) is 5.79. The second kappa shape index (κ2) is 9.51. The van der Waals surface area contributed by atoms with Gasteiger partial charge in [-0.3, -0.25) is 10.7 Å². The number of nitrogens with one attached hydrogen (secondary N) is 3. The summed E-state index contributed by atoms with van der Waals surface area (Å²) >= 11 is 0. The predicted octanol–water partition coefficient (Wildman–Crippen LogP) is 1.24. The Morgan fingerprint density at radius 2 is 2.07 bits per heavy atom. The van der Waals surface area contributed by atoms with Crippen molar-refractivity contribution in [1.82, 2.24) is 10.3 Å². The topological polar surface area (TPSA) is 154 Å². The van der Waals surface area contributed by atoms with E-state index in [0.29, 0.717) is 0 Å². The summed E-state index contributed by atoms with van der Waals surface area (Å²) in [5.41, 5.74) is 7.08. The maximum absolute atomic E-state index is 12.3. The maximum atomic E-state index is 12.3. The van der Waals surface area contributed by atoms with Crippen LogP contribution in [0.15, 0.2) is 42.6 Å². The normalized spacial score (nSPS) is 12.7. The zero-order valence-corrected chi connectivity index (χ0v) is 14.8. The first-order valence-corrected chi connectivity index (χ1v) is 8.31. The smallest absolute Gasteiger partial charge is 0.320 e. The van der Waals surface area contributed by atoms with Crippen LogP contribution in [0.25, 0.3) is 0 Å². The molecule has 0 aliphatic heterocycles. The van der Waals surface area contributed by atoms with Crippen LogP contribution in [-0.4, -0.2) is 46.4 Å². The number of nitrogen functional groups attached to an aromatic ring is 1. The summed E-state index contributed by atoms with van der Waals surface area (Å²) in [6, 6.07) is 9.34. The Balaban J connectivity index is 2.04. The van der Waals surface area contributed by atoms with Gasteiger partial charge in [-0.25, -0.2) is 9.78 Å². The van der Waals surface area contributed by atoms with Crippen molar-refractivity contribution in [3.63, 3.8) is 0 Å². The van der Waals surface area contributed by atoms with Gasteiger partial charge in [0.15, 0.2) is 0 Å². The number of benzene rings is 1. The van der Waals surface area contributed by atoms with Gasteiger partial charge >= 0.3 is 6.03 Å². The highest BCUT2D eigenvalue weighted by molar-refractivity contribution is 5.97. The molecule has 0 aliphatic rings. The lowest BCUT2D eigenvalue weighted by Crippen LogP contribution is -2.38. The number of pyridine rings is 1. The molecular weight excluding hydrogens is 350 g/mol. The summed E-state index contributed by atoms with van der Waals surface area (Å²) in [6.07, 6.45) is 0.497. The van der Waals surface area contributed by atoms with E-state index in [1.807, 2.05) is 18.2 Å². The van der Waals surface area contributed by atoms with E-state index in [-0.39, 0.29) is 36.2 Å². The summed E-state index contributed by atoms with van der Waals surface area (Å²) in [5.74, 6) is -0.0376. The number of ether oxygens (including phenoxy) is 1. The molecule has 2 unspecified atom stereocenters. The van der Waals surface area contributed by atoms with Crippen LogP contribution in [0.1, 0.15) is 24.1 Å². The minimum Gasteiger partial charge on any atom is -0.475 e. The maximum Gasteiger partial charge on any atom is 0.320 e. The lowest BCUT2D eigenvalue weighted by molar-refractivity contribution is 0.148. The average Bonchev–Trinajstić information content (AvgIpc) is 2.64. The number of carbonyl (C=O) groups excluding carboxylic acids is 1. The third-order valence-electron chi connectivity index (χ3n) is 3.69.